The van der Waals surface area contributed by atoms with Gasteiger partial charge in [-0.15, -0.1) is 0 Å². The average Bonchev–Trinajstić information content (AvgIpc) is 1.38. The maximum absolute atomic E-state index is 4.44. The van der Waals surface area contributed by atoms with Crippen molar-refractivity contribution in [2.75, 3.05) is 7.11 Å². The fraction of sp³-hybridized carbons (Fsp3) is 0.250. The summed E-state index contributed by atoms with van der Waals surface area (Å²) < 4.78 is 4.44. The molecule has 5 heavy (non-hydrogen) atoms. The van der Waals surface area contributed by atoms with E-state index in [2.05, 4.69) is 18.2 Å². The minimum atomic E-state index is 0.505. The Morgan fingerprint density at radius 3 is 2.20 bits per heavy atom. The second-order valence-corrected chi connectivity index (χ2v) is 0.743. The van der Waals surface area contributed by atoms with Crippen LogP contribution in [-0.2, 0) is 4.74 Å². The van der Waals surface area contributed by atoms with E-state index in [-0.39, 0.29) is 0 Å². The maximum atomic E-state index is 4.44. The molecule has 0 unspecified atom stereocenters. The van der Waals surface area contributed by atoms with E-state index in [9.17, 15) is 0 Å². The molecule has 0 spiro atoms. The van der Waals surface area contributed by atoms with Crippen LogP contribution in [-0.4, -0.2) is 7.11 Å². The van der Waals surface area contributed by atoms with E-state index in [0.717, 1.165) is 0 Å². The number of methoxy groups -OCH3 is 1. The van der Waals surface area contributed by atoms with Crippen LogP contribution in [0.1, 0.15) is 0 Å². The molecule has 0 saturated carbocycles. The first kappa shape index (κ1) is 4.41. The molecule has 0 heterocycles. The molecule has 0 aliphatic carbocycles. The maximum Gasteiger partial charge on any atom is 0.269 e. The zero-order valence-electron chi connectivity index (χ0n) is 3.32. The molecule has 0 radical (unpaired) electrons. The standard InChI is InChI=1S/C4H7O/c1-4(2)5-3/h1-2H2,3H3/q+1. The van der Waals surface area contributed by atoms with Crippen LogP contribution in [0.25, 0.3) is 0 Å². The molecule has 0 aromatic heterocycles. The van der Waals surface area contributed by atoms with Crippen molar-refractivity contribution in [1.82, 2.24) is 0 Å². The van der Waals surface area contributed by atoms with Crippen molar-refractivity contribution in [1.29, 1.82) is 0 Å². The van der Waals surface area contributed by atoms with Crippen molar-refractivity contribution in [2.45, 2.75) is 0 Å². The summed E-state index contributed by atoms with van der Waals surface area (Å²) in [7, 11) is 1.54. The van der Waals surface area contributed by atoms with Gasteiger partial charge >= 0.3 is 0 Å². The van der Waals surface area contributed by atoms with Gasteiger partial charge in [0.1, 0.15) is 0 Å². The lowest BCUT2D eigenvalue weighted by Gasteiger charge is -1.79. The van der Waals surface area contributed by atoms with E-state index in [0.29, 0.717) is 5.76 Å². The van der Waals surface area contributed by atoms with Gasteiger partial charge in [-0.2, -0.15) is 0 Å². The fourth-order valence-corrected chi connectivity index (χ4v) is 0. The summed E-state index contributed by atoms with van der Waals surface area (Å²) in [6.07, 6.45) is 0. The number of rotatable bonds is 1. The molecule has 0 aromatic carbocycles. The first-order valence-corrected chi connectivity index (χ1v) is 1.32. The van der Waals surface area contributed by atoms with Crippen LogP contribution in [0, 0.1) is 6.92 Å². The predicted molar refractivity (Wildman–Crippen MR) is 21.5 cm³/mol. The molecular weight excluding hydrogens is 64.0 g/mol. The topological polar surface area (TPSA) is 9.23 Å². The Hall–Kier alpha value is -0.590. The van der Waals surface area contributed by atoms with E-state index in [1.807, 2.05) is 0 Å². The number of hydrogen-bond donors (Lipinski definition) is 0. The molecule has 0 N–H and O–H groups in total. The second-order valence-electron chi connectivity index (χ2n) is 0.743. The number of ether oxygens (including phenoxy) is 1. The van der Waals surface area contributed by atoms with Crippen LogP contribution in [0.5, 0.6) is 0 Å². The van der Waals surface area contributed by atoms with Gasteiger partial charge in [-0.05, 0) is 0 Å². The van der Waals surface area contributed by atoms with E-state index in [1.54, 1.807) is 0 Å². The SMILES string of the molecule is C=C([CH2+])OC. The van der Waals surface area contributed by atoms with Gasteiger partial charge in [0.15, 0.2) is 0 Å². The van der Waals surface area contributed by atoms with Crippen molar-refractivity contribution >= 4 is 0 Å². The lowest BCUT2D eigenvalue weighted by atomic mass is 10.7. The smallest absolute Gasteiger partial charge is 0.269 e. The Bertz CT molecular complexity index is 38.9. The molecule has 0 fully saturated rings. The first-order chi connectivity index (χ1) is 2.27. The molecular formula is C4H7O+. The average molecular weight is 71.1 g/mol. The van der Waals surface area contributed by atoms with Gasteiger partial charge in [0.05, 0.1) is 20.6 Å². The Morgan fingerprint density at radius 2 is 2.20 bits per heavy atom. The van der Waals surface area contributed by atoms with Crippen LogP contribution in [0.15, 0.2) is 12.3 Å². The summed E-state index contributed by atoms with van der Waals surface area (Å²) in [5.74, 6) is 0.505. The Balaban J connectivity index is 2.85. The molecule has 1 nitrogen and oxygen atoms in total. The highest BCUT2D eigenvalue weighted by Crippen LogP contribution is 1.79. The second kappa shape index (κ2) is 1.70. The van der Waals surface area contributed by atoms with E-state index >= 15 is 0 Å². The largest absolute Gasteiger partial charge is 0.466 e. The van der Waals surface area contributed by atoms with Crippen LogP contribution in [0.4, 0.5) is 0 Å². The highest BCUT2D eigenvalue weighted by molar-refractivity contribution is 4.83. The molecule has 0 atom stereocenters. The first-order valence-electron chi connectivity index (χ1n) is 1.32. The molecule has 0 amide bonds. The van der Waals surface area contributed by atoms with Gasteiger partial charge in [0, 0.05) is 0 Å². The zero-order chi connectivity index (χ0) is 4.28. The summed E-state index contributed by atoms with van der Waals surface area (Å²) in [5.41, 5.74) is 0. The summed E-state index contributed by atoms with van der Waals surface area (Å²) >= 11 is 0. The molecule has 0 saturated heterocycles. The number of allylic oxidation sites excluding steroid dienone is 1. The Morgan fingerprint density at radius 1 is 2.00 bits per heavy atom. The normalized spacial score (nSPS) is 6.60. The van der Waals surface area contributed by atoms with Gasteiger partial charge in [-0.1, -0.05) is 0 Å². The van der Waals surface area contributed by atoms with Crippen LogP contribution in [0.2, 0.25) is 0 Å². The Labute approximate surface area is 32.3 Å². The molecule has 0 bridgehead atoms. The van der Waals surface area contributed by atoms with E-state index in [1.165, 1.54) is 7.11 Å². The van der Waals surface area contributed by atoms with Crippen molar-refractivity contribution < 1.29 is 4.74 Å². The third kappa shape index (κ3) is 3.41. The van der Waals surface area contributed by atoms with Gasteiger partial charge in [0.2, 0.25) is 0 Å². The van der Waals surface area contributed by atoms with E-state index < -0.39 is 0 Å². The molecule has 0 aromatic rings. The lowest BCUT2D eigenvalue weighted by Crippen LogP contribution is -1.70. The number of hydrogen-bond acceptors (Lipinski definition) is 1. The highest BCUT2D eigenvalue weighted by atomic mass is 16.5. The minimum absolute atomic E-state index is 0.505. The van der Waals surface area contributed by atoms with Crippen molar-refractivity contribution in [3.63, 3.8) is 0 Å². The summed E-state index contributed by atoms with van der Waals surface area (Å²) in [4.78, 5) is 0. The lowest BCUT2D eigenvalue weighted by molar-refractivity contribution is 0.307. The van der Waals surface area contributed by atoms with Crippen molar-refractivity contribution in [3.8, 4) is 0 Å². The van der Waals surface area contributed by atoms with Crippen LogP contribution < -0.4 is 0 Å². The monoisotopic (exact) mass is 71.0 g/mol. The quantitative estimate of drug-likeness (QED) is 0.331. The van der Waals surface area contributed by atoms with Gasteiger partial charge in [-0.3, -0.25) is 0 Å². The predicted octanol–water partition coefficient (Wildman–Crippen LogP) is 0.981. The summed E-state index contributed by atoms with van der Waals surface area (Å²) in [6.45, 7) is 6.68. The summed E-state index contributed by atoms with van der Waals surface area (Å²) in [6, 6.07) is 0. The zero-order valence-corrected chi connectivity index (χ0v) is 3.32. The molecule has 0 aliphatic rings. The third-order valence-electron chi connectivity index (χ3n) is 0.289. The Kier molecular flexibility index (Phi) is 1.50. The van der Waals surface area contributed by atoms with Crippen LogP contribution in [0.3, 0.4) is 0 Å². The summed E-state index contributed by atoms with van der Waals surface area (Å²) in [5, 5.41) is 0. The fourth-order valence-electron chi connectivity index (χ4n) is 0. The van der Waals surface area contributed by atoms with Crippen molar-refractivity contribution in [3.05, 3.63) is 19.3 Å². The molecule has 0 rings (SSSR count). The highest BCUT2D eigenvalue weighted by Gasteiger charge is 1.77. The molecule has 0 aliphatic heterocycles. The van der Waals surface area contributed by atoms with Gasteiger partial charge in [-0.25, -0.2) is 0 Å². The van der Waals surface area contributed by atoms with Crippen molar-refractivity contribution in [2.24, 2.45) is 0 Å². The van der Waals surface area contributed by atoms with Gasteiger partial charge in [0.25, 0.3) is 5.76 Å². The molecule has 1 heteroatoms. The van der Waals surface area contributed by atoms with E-state index in [4.69, 9.17) is 0 Å². The van der Waals surface area contributed by atoms with Gasteiger partial charge < -0.3 is 4.74 Å². The minimum Gasteiger partial charge on any atom is -0.466 e. The molecule has 28 valence electrons. The van der Waals surface area contributed by atoms with Crippen LogP contribution >= 0.6 is 0 Å². The third-order valence-corrected chi connectivity index (χ3v) is 0.289.